The zero-order valence-corrected chi connectivity index (χ0v) is 13.4. The van der Waals surface area contributed by atoms with Crippen molar-refractivity contribution in [1.29, 1.82) is 0 Å². The molecule has 21 heavy (non-hydrogen) atoms. The number of hydrazone groups is 1. The third-order valence-corrected chi connectivity index (χ3v) is 3.64. The smallest absolute Gasteiger partial charge is 0.271 e. The zero-order chi connectivity index (χ0) is 15.4. The number of benzene rings is 2. The van der Waals surface area contributed by atoms with Crippen molar-refractivity contribution < 1.29 is 9.90 Å². The SMILES string of the molecule is CC(=NNC(=O)c1ccc(Br)cc1)c1cccc(Cl)c1O. The molecule has 0 aliphatic carbocycles. The van der Waals surface area contributed by atoms with Gasteiger partial charge in [-0.1, -0.05) is 33.6 Å². The average molecular weight is 368 g/mol. The molecule has 0 bridgehead atoms. The number of halogens is 2. The van der Waals surface area contributed by atoms with Crippen LogP contribution in [0.2, 0.25) is 5.02 Å². The lowest BCUT2D eigenvalue weighted by Crippen LogP contribution is -2.19. The maximum absolute atomic E-state index is 11.9. The maximum Gasteiger partial charge on any atom is 0.271 e. The van der Waals surface area contributed by atoms with Crippen molar-refractivity contribution >= 4 is 39.1 Å². The molecule has 2 N–H and O–H groups in total. The third-order valence-electron chi connectivity index (χ3n) is 2.81. The molecule has 0 unspecified atom stereocenters. The standard InChI is InChI=1S/C15H12BrClN2O2/c1-9(12-3-2-4-13(17)14(12)20)18-19-15(21)10-5-7-11(16)8-6-10/h2-8,20H,1H3,(H,19,21). The van der Waals surface area contributed by atoms with Gasteiger partial charge in [-0.25, -0.2) is 5.43 Å². The van der Waals surface area contributed by atoms with Gasteiger partial charge in [0.1, 0.15) is 5.75 Å². The first-order valence-electron chi connectivity index (χ1n) is 6.07. The molecule has 108 valence electrons. The van der Waals surface area contributed by atoms with Gasteiger partial charge in [-0.3, -0.25) is 4.79 Å². The van der Waals surface area contributed by atoms with Crippen LogP contribution in [-0.2, 0) is 0 Å². The van der Waals surface area contributed by atoms with E-state index in [0.717, 1.165) is 4.47 Å². The first-order chi connectivity index (χ1) is 9.99. The molecule has 0 heterocycles. The Morgan fingerprint density at radius 3 is 2.57 bits per heavy atom. The van der Waals surface area contributed by atoms with Crippen LogP contribution in [0.3, 0.4) is 0 Å². The van der Waals surface area contributed by atoms with E-state index >= 15 is 0 Å². The second-order valence-electron chi connectivity index (χ2n) is 4.28. The Hall–Kier alpha value is -1.85. The van der Waals surface area contributed by atoms with Crippen molar-refractivity contribution in [2.24, 2.45) is 5.10 Å². The predicted molar refractivity (Wildman–Crippen MR) is 86.9 cm³/mol. The van der Waals surface area contributed by atoms with E-state index in [4.69, 9.17) is 11.6 Å². The fourth-order valence-electron chi connectivity index (χ4n) is 1.67. The van der Waals surface area contributed by atoms with Crippen LogP contribution in [0.5, 0.6) is 5.75 Å². The summed E-state index contributed by atoms with van der Waals surface area (Å²) in [5.74, 6) is -0.387. The Morgan fingerprint density at radius 2 is 1.90 bits per heavy atom. The predicted octanol–water partition coefficient (Wildman–Crippen LogP) is 3.96. The van der Waals surface area contributed by atoms with Gasteiger partial charge in [-0.2, -0.15) is 5.10 Å². The summed E-state index contributed by atoms with van der Waals surface area (Å²) >= 11 is 9.14. The molecule has 0 spiro atoms. The molecule has 4 nitrogen and oxygen atoms in total. The van der Waals surface area contributed by atoms with Crippen LogP contribution in [-0.4, -0.2) is 16.7 Å². The quantitative estimate of drug-likeness (QED) is 0.637. The molecular formula is C15H12BrClN2O2. The number of para-hydroxylation sites is 1. The van der Waals surface area contributed by atoms with Crippen molar-refractivity contribution in [2.75, 3.05) is 0 Å². The Labute approximate surface area is 135 Å². The van der Waals surface area contributed by atoms with Gasteiger partial charge in [0.25, 0.3) is 5.91 Å². The monoisotopic (exact) mass is 366 g/mol. The normalized spacial score (nSPS) is 11.3. The molecule has 0 saturated heterocycles. The van der Waals surface area contributed by atoms with Crippen LogP contribution in [0.1, 0.15) is 22.8 Å². The highest BCUT2D eigenvalue weighted by molar-refractivity contribution is 9.10. The summed E-state index contributed by atoms with van der Waals surface area (Å²) in [4.78, 5) is 11.9. The summed E-state index contributed by atoms with van der Waals surface area (Å²) in [6, 6.07) is 11.9. The zero-order valence-electron chi connectivity index (χ0n) is 11.1. The highest BCUT2D eigenvalue weighted by atomic mass is 79.9. The fraction of sp³-hybridized carbons (Fsp3) is 0.0667. The number of rotatable bonds is 3. The van der Waals surface area contributed by atoms with Gasteiger partial charge < -0.3 is 5.11 Å². The summed E-state index contributed by atoms with van der Waals surface area (Å²) in [5, 5.41) is 14.1. The topological polar surface area (TPSA) is 61.7 Å². The molecule has 6 heteroatoms. The van der Waals surface area contributed by atoms with Gasteiger partial charge in [0.2, 0.25) is 0 Å². The van der Waals surface area contributed by atoms with E-state index in [0.29, 0.717) is 16.8 Å². The molecule has 0 saturated carbocycles. The van der Waals surface area contributed by atoms with E-state index in [-0.39, 0.29) is 16.7 Å². The van der Waals surface area contributed by atoms with Gasteiger partial charge in [-0.05, 0) is 43.3 Å². The second-order valence-corrected chi connectivity index (χ2v) is 5.60. The molecular weight excluding hydrogens is 356 g/mol. The van der Waals surface area contributed by atoms with Crippen molar-refractivity contribution in [3.63, 3.8) is 0 Å². The molecule has 2 aromatic rings. The van der Waals surface area contributed by atoms with Crippen LogP contribution >= 0.6 is 27.5 Å². The number of phenols is 1. The summed E-state index contributed by atoms with van der Waals surface area (Å²) in [7, 11) is 0. The molecule has 0 atom stereocenters. The highest BCUT2D eigenvalue weighted by Crippen LogP contribution is 2.27. The minimum atomic E-state index is -0.330. The minimum Gasteiger partial charge on any atom is -0.506 e. The van der Waals surface area contributed by atoms with E-state index in [2.05, 4.69) is 26.5 Å². The van der Waals surface area contributed by atoms with Gasteiger partial charge >= 0.3 is 0 Å². The number of carbonyl (C=O) groups is 1. The first-order valence-corrected chi connectivity index (χ1v) is 7.24. The van der Waals surface area contributed by atoms with Crippen molar-refractivity contribution in [3.05, 3.63) is 63.1 Å². The number of phenolic OH excluding ortho intramolecular Hbond substituents is 1. The molecule has 2 rings (SSSR count). The summed E-state index contributed by atoms with van der Waals surface area (Å²) < 4.78 is 0.891. The number of carbonyl (C=O) groups excluding carboxylic acids is 1. The summed E-state index contributed by atoms with van der Waals surface area (Å²) in [6.07, 6.45) is 0. The number of amides is 1. The van der Waals surface area contributed by atoms with Crippen molar-refractivity contribution in [1.82, 2.24) is 5.43 Å². The minimum absolute atomic E-state index is 0.0571. The molecule has 0 radical (unpaired) electrons. The first kappa shape index (κ1) is 15.5. The lowest BCUT2D eigenvalue weighted by Gasteiger charge is -2.06. The van der Waals surface area contributed by atoms with Crippen molar-refractivity contribution in [2.45, 2.75) is 6.92 Å². The summed E-state index contributed by atoms with van der Waals surface area (Å²) in [5.41, 5.74) is 3.86. The molecule has 0 aromatic heterocycles. The molecule has 0 aliphatic heterocycles. The maximum atomic E-state index is 11.9. The molecule has 0 aliphatic rings. The highest BCUT2D eigenvalue weighted by Gasteiger charge is 2.09. The summed E-state index contributed by atoms with van der Waals surface area (Å²) in [6.45, 7) is 1.67. The van der Waals surface area contributed by atoms with Crippen LogP contribution in [0.15, 0.2) is 52.0 Å². The van der Waals surface area contributed by atoms with E-state index in [1.54, 1.807) is 49.4 Å². The Bertz CT molecular complexity index is 699. The lowest BCUT2D eigenvalue weighted by atomic mass is 10.1. The second kappa shape index (κ2) is 6.74. The van der Waals surface area contributed by atoms with Crippen LogP contribution in [0.4, 0.5) is 0 Å². The van der Waals surface area contributed by atoms with Crippen LogP contribution < -0.4 is 5.43 Å². The molecule has 0 fully saturated rings. The van der Waals surface area contributed by atoms with Crippen LogP contribution in [0, 0.1) is 0 Å². The Kier molecular flexibility index (Phi) is 4.98. The largest absolute Gasteiger partial charge is 0.506 e. The third kappa shape index (κ3) is 3.83. The van der Waals surface area contributed by atoms with E-state index in [1.807, 2.05) is 0 Å². The molecule has 2 aromatic carbocycles. The van der Waals surface area contributed by atoms with E-state index in [9.17, 15) is 9.90 Å². The van der Waals surface area contributed by atoms with Gasteiger partial charge in [0.05, 0.1) is 10.7 Å². The van der Waals surface area contributed by atoms with Crippen LogP contribution in [0.25, 0.3) is 0 Å². The number of nitrogens with one attached hydrogen (secondary N) is 1. The van der Waals surface area contributed by atoms with Gasteiger partial charge in [-0.15, -0.1) is 0 Å². The van der Waals surface area contributed by atoms with Gasteiger partial charge in [0, 0.05) is 15.6 Å². The molecule has 1 amide bonds. The fourth-order valence-corrected chi connectivity index (χ4v) is 2.11. The van der Waals surface area contributed by atoms with E-state index in [1.165, 1.54) is 0 Å². The van der Waals surface area contributed by atoms with E-state index < -0.39 is 0 Å². The Balaban J connectivity index is 2.15. The average Bonchev–Trinajstić information content (AvgIpc) is 2.48. The number of aromatic hydroxyl groups is 1. The Morgan fingerprint density at radius 1 is 1.24 bits per heavy atom. The van der Waals surface area contributed by atoms with Crippen molar-refractivity contribution in [3.8, 4) is 5.75 Å². The number of hydrogen-bond donors (Lipinski definition) is 2. The van der Waals surface area contributed by atoms with Gasteiger partial charge in [0.15, 0.2) is 0 Å². The number of nitrogens with zero attached hydrogens (tertiary/aromatic N) is 1. The lowest BCUT2D eigenvalue weighted by molar-refractivity contribution is 0.0955. The number of hydrogen-bond acceptors (Lipinski definition) is 3.